The van der Waals surface area contributed by atoms with Gasteiger partial charge in [0.25, 0.3) is 0 Å². The number of nitrogens with two attached hydrogens (primary N) is 1. The lowest BCUT2D eigenvalue weighted by molar-refractivity contribution is 0.0282. The van der Waals surface area contributed by atoms with Crippen molar-refractivity contribution in [2.24, 2.45) is 11.7 Å². The summed E-state index contributed by atoms with van der Waals surface area (Å²) in [5.41, 5.74) is 7.22. The number of piperidine rings is 1. The largest absolute Gasteiger partial charge is 0.392 e. The Labute approximate surface area is 134 Å². The van der Waals surface area contributed by atoms with E-state index in [2.05, 4.69) is 27.8 Å². The van der Waals surface area contributed by atoms with E-state index in [0.717, 1.165) is 42.5 Å². The first-order valence-corrected chi connectivity index (χ1v) is 8.25. The summed E-state index contributed by atoms with van der Waals surface area (Å²) >= 11 is 9.62. The van der Waals surface area contributed by atoms with Crippen molar-refractivity contribution < 1.29 is 5.11 Å². The summed E-state index contributed by atoms with van der Waals surface area (Å²) in [6.45, 7) is 4.80. The van der Waals surface area contributed by atoms with E-state index >= 15 is 0 Å². The van der Waals surface area contributed by atoms with Gasteiger partial charge in [-0.1, -0.05) is 40.5 Å². The molecule has 0 radical (unpaired) electrons. The maximum Gasteiger partial charge on any atom is 0.0693 e. The molecule has 3 atom stereocenters. The number of benzene rings is 1. The third-order valence-corrected chi connectivity index (χ3v) is 4.94. The first-order chi connectivity index (χ1) is 9.47. The summed E-state index contributed by atoms with van der Waals surface area (Å²) in [5, 5.41) is 10.6. The normalized spacial score (nSPS) is 25.6. The van der Waals surface area contributed by atoms with Crippen molar-refractivity contribution in [2.45, 2.75) is 31.9 Å². The van der Waals surface area contributed by atoms with Crippen LogP contribution in [0.5, 0.6) is 0 Å². The minimum atomic E-state index is -0.212. The zero-order valence-electron chi connectivity index (χ0n) is 11.7. The minimum Gasteiger partial charge on any atom is -0.392 e. The van der Waals surface area contributed by atoms with Gasteiger partial charge in [-0.2, -0.15) is 0 Å². The van der Waals surface area contributed by atoms with Gasteiger partial charge in [0.1, 0.15) is 0 Å². The molecule has 0 spiro atoms. The first-order valence-electron chi connectivity index (χ1n) is 7.08. The van der Waals surface area contributed by atoms with Crippen molar-refractivity contribution in [2.75, 3.05) is 19.6 Å². The van der Waals surface area contributed by atoms with Crippen LogP contribution in [0.2, 0.25) is 5.02 Å². The van der Waals surface area contributed by atoms with Crippen LogP contribution in [0.25, 0.3) is 0 Å². The molecule has 3 N–H and O–H groups in total. The number of hydrogen-bond donors (Lipinski definition) is 2. The zero-order valence-corrected chi connectivity index (χ0v) is 14.1. The van der Waals surface area contributed by atoms with Crippen LogP contribution >= 0.6 is 27.5 Å². The molecule has 5 heteroatoms. The fraction of sp³-hybridized carbons (Fsp3) is 0.600. The van der Waals surface area contributed by atoms with E-state index < -0.39 is 0 Å². The van der Waals surface area contributed by atoms with E-state index in [9.17, 15) is 5.11 Å². The third kappa shape index (κ3) is 4.18. The van der Waals surface area contributed by atoms with Crippen molar-refractivity contribution >= 4 is 27.5 Å². The maximum absolute atomic E-state index is 9.91. The molecular formula is C15H22BrClN2O. The number of halogens is 2. The molecule has 0 bridgehead atoms. The first kappa shape index (κ1) is 16.2. The number of β-amino-alcohol motifs (C(OH)–C–C–N with tert-alkyl or cyclic N) is 1. The average Bonchev–Trinajstić information content (AvgIpc) is 2.40. The lowest BCUT2D eigenvalue weighted by Crippen LogP contribution is -2.43. The Morgan fingerprint density at radius 1 is 1.55 bits per heavy atom. The second kappa shape index (κ2) is 7.23. The molecule has 2 rings (SSSR count). The summed E-state index contributed by atoms with van der Waals surface area (Å²) in [6.07, 6.45) is 1.69. The molecule has 0 aliphatic carbocycles. The van der Waals surface area contributed by atoms with E-state index in [1.807, 2.05) is 18.2 Å². The minimum absolute atomic E-state index is 0.0629. The van der Waals surface area contributed by atoms with E-state index in [-0.39, 0.29) is 12.1 Å². The predicted octanol–water partition coefficient (Wildman–Crippen LogP) is 3.20. The van der Waals surface area contributed by atoms with Crippen molar-refractivity contribution in [3.05, 3.63) is 33.3 Å². The highest BCUT2D eigenvalue weighted by Crippen LogP contribution is 2.27. The predicted molar refractivity (Wildman–Crippen MR) is 86.9 cm³/mol. The van der Waals surface area contributed by atoms with Crippen molar-refractivity contribution in [1.82, 2.24) is 4.90 Å². The molecule has 1 aromatic rings. The van der Waals surface area contributed by atoms with Gasteiger partial charge in [-0.05, 0) is 43.0 Å². The van der Waals surface area contributed by atoms with Gasteiger partial charge in [0, 0.05) is 28.6 Å². The molecule has 20 heavy (non-hydrogen) atoms. The van der Waals surface area contributed by atoms with E-state index in [1.165, 1.54) is 0 Å². The summed E-state index contributed by atoms with van der Waals surface area (Å²) in [6, 6.07) is 5.76. The van der Waals surface area contributed by atoms with Gasteiger partial charge in [0.05, 0.1) is 6.10 Å². The summed E-state index contributed by atoms with van der Waals surface area (Å²) < 4.78 is 0.964. The second-order valence-electron chi connectivity index (χ2n) is 5.69. The molecular weight excluding hydrogens is 340 g/mol. The van der Waals surface area contributed by atoms with Gasteiger partial charge in [-0.3, -0.25) is 0 Å². The zero-order chi connectivity index (χ0) is 14.7. The Morgan fingerprint density at radius 3 is 2.95 bits per heavy atom. The van der Waals surface area contributed by atoms with Gasteiger partial charge in [-0.15, -0.1) is 0 Å². The molecule has 1 aromatic carbocycles. The van der Waals surface area contributed by atoms with Gasteiger partial charge < -0.3 is 15.7 Å². The van der Waals surface area contributed by atoms with Crippen LogP contribution < -0.4 is 5.73 Å². The van der Waals surface area contributed by atoms with Crippen LogP contribution in [-0.4, -0.2) is 35.7 Å². The number of hydrogen-bond acceptors (Lipinski definition) is 3. The molecule has 1 aliphatic heterocycles. The highest BCUT2D eigenvalue weighted by atomic mass is 79.9. The number of aliphatic hydroxyl groups excluding tert-OH is 1. The van der Waals surface area contributed by atoms with Crippen LogP contribution in [0.15, 0.2) is 22.7 Å². The summed E-state index contributed by atoms with van der Waals surface area (Å²) in [7, 11) is 0. The highest BCUT2D eigenvalue weighted by molar-refractivity contribution is 9.10. The molecule has 1 fully saturated rings. The Morgan fingerprint density at radius 2 is 2.30 bits per heavy atom. The molecule has 3 unspecified atom stereocenters. The molecule has 0 aromatic heterocycles. The standard InChI is InChI=1S/C15H22BrClN2O/c1-10-4-6-19(9-15(10)20)7-5-14(18)12-3-2-11(16)8-13(12)17/h2-3,8,10,14-15,20H,4-7,9,18H2,1H3. The Balaban J connectivity index is 1.87. The molecule has 1 heterocycles. The summed E-state index contributed by atoms with van der Waals surface area (Å²) in [4.78, 5) is 2.29. The van der Waals surface area contributed by atoms with Crippen molar-refractivity contribution in [3.63, 3.8) is 0 Å². The van der Waals surface area contributed by atoms with E-state index in [4.69, 9.17) is 17.3 Å². The molecule has 0 saturated carbocycles. The van der Waals surface area contributed by atoms with Gasteiger partial charge >= 0.3 is 0 Å². The Kier molecular flexibility index (Phi) is 5.87. The number of rotatable bonds is 4. The third-order valence-electron chi connectivity index (χ3n) is 4.12. The van der Waals surface area contributed by atoms with Crippen LogP contribution in [-0.2, 0) is 0 Å². The van der Waals surface area contributed by atoms with Crippen LogP contribution in [0.4, 0.5) is 0 Å². The number of aliphatic hydroxyl groups is 1. The lowest BCUT2D eigenvalue weighted by Gasteiger charge is -2.34. The smallest absolute Gasteiger partial charge is 0.0693 e. The van der Waals surface area contributed by atoms with Crippen molar-refractivity contribution in [1.29, 1.82) is 0 Å². The van der Waals surface area contributed by atoms with Crippen LogP contribution in [0.1, 0.15) is 31.4 Å². The van der Waals surface area contributed by atoms with E-state index in [0.29, 0.717) is 10.9 Å². The topological polar surface area (TPSA) is 49.5 Å². The van der Waals surface area contributed by atoms with Gasteiger partial charge in [0.2, 0.25) is 0 Å². The summed E-state index contributed by atoms with van der Waals surface area (Å²) in [5.74, 6) is 0.404. The molecule has 1 saturated heterocycles. The number of likely N-dealkylation sites (tertiary alicyclic amines) is 1. The van der Waals surface area contributed by atoms with E-state index in [1.54, 1.807) is 0 Å². The lowest BCUT2D eigenvalue weighted by atomic mass is 9.95. The molecule has 1 aliphatic rings. The second-order valence-corrected chi connectivity index (χ2v) is 7.02. The van der Waals surface area contributed by atoms with Crippen LogP contribution in [0, 0.1) is 5.92 Å². The van der Waals surface area contributed by atoms with Gasteiger partial charge in [-0.25, -0.2) is 0 Å². The van der Waals surface area contributed by atoms with Gasteiger partial charge in [0.15, 0.2) is 0 Å². The SMILES string of the molecule is CC1CCN(CCC(N)c2ccc(Br)cc2Cl)CC1O. The Bertz CT molecular complexity index is 457. The Hall–Kier alpha value is -0.130. The fourth-order valence-corrected chi connectivity index (χ4v) is 3.41. The monoisotopic (exact) mass is 360 g/mol. The highest BCUT2D eigenvalue weighted by Gasteiger charge is 2.24. The van der Waals surface area contributed by atoms with Crippen LogP contribution in [0.3, 0.4) is 0 Å². The molecule has 3 nitrogen and oxygen atoms in total. The maximum atomic E-state index is 9.91. The fourth-order valence-electron chi connectivity index (χ4n) is 2.60. The molecule has 112 valence electrons. The molecule has 0 amide bonds. The van der Waals surface area contributed by atoms with Crippen molar-refractivity contribution in [3.8, 4) is 0 Å². The average molecular weight is 362 g/mol. The number of nitrogens with zero attached hydrogens (tertiary/aromatic N) is 1. The quantitative estimate of drug-likeness (QED) is 0.866.